The van der Waals surface area contributed by atoms with Crippen LogP contribution in [0.4, 0.5) is 17.1 Å². The van der Waals surface area contributed by atoms with Gasteiger partial charge in [0.2, 0.25) is 0 Å². The zero-order chi connectivity index (χ0) is 41.7. The molecule has 0 bridgehead atoms. The monoisotopic (exact) mass is 805 g/mol. The molecule has 0 saturated carbocycles. The minimum Gasteiger partial charge on any atom is -0.456 e. The Kier molecular flexibility index (Phi) is 8.83. The lowest BCUT2D eigenvalue weighted by Crippen LogP contribution is -2.11. The average Bonchev–Trinajstić information content (AvgIpc) is 3.94. The molecule has 12 aromatic rings. The molecule has 0 aliphatic carbocycles. The summed E-state index contributed by atoms with van der Waals surface area (Å²) < 4.78 is 13.1. The van der Waals surface area contributed by atoms with Crippen molar-refractivity contribution in [1.82, 2.24) is 0 Å². The van der Waals surface area contributed by atoms with Crippen LogP contribution in [0, 0.1) is 0 Å². The Morgan fingerprint density at radius 3 is 1.51 bits per heavy atom. The van der Waals surface area contributed by atoms with Crippen LogP contribution in [0.15, 0.2) is 245 Å². The lowest BCUT2D eigenvalue weighted by molar-refractivity contribution is 0.668. The van der Waals surface area contributed by atoms with E-state index in [-0.39, 0.29) is 0 Å². The van der Waals surface area contributed by atoms with Crippen molar-refractivity contribution in [3.63, 3.8) is 0 Å². The highest BCUT2D eigenvalue weighted by Gasteiger charge is 2.24. The summed E-state index contributed by atoms with van der Waals surface area (Å²) in [6, 6.07) is 84.2. The van der Waals surface area contributed by atoms with Crippen LogP contribution >= 0.6 is 0 Å². The van der Waals surface area contributed by atoms with Crippen LogP contribution in [0.2, 0.25) is 0 Å². The molecule has 3 nitrogen and oxygen atoms in total. The van der Waals surface area contributed by atoms with E-state index in [1.165, 1.54) is 27.8 Å². The third-order valence-electron chi connectivity index (χ3n) is 12.3. The van der Waals surface area contributed by atoms with Crippen LogP contribution < -0.4 is 4.90 Å². The average molecular weight is 806 g/mol. The first-order valence-electron chi connectivity index (χ1n) is 21.4. The molecule has 0 saturated heterocycles. The maximum atomic E-state index is 6.77. The van der Waals surface area contributed by atoms with E-state index in [4.69, 9.17) is 8.83 Å². The highest BCUT2D eigenvalue weighted by atomic mass is 16.3. The van der Waals surface area contributed by atoms with Gasteiger partial charge in [0.1, 0.15) is 16.7 Å². The normalized spacial score (nSPS) is 11.5. The Morgan fingerprint density at radius 2 is 0.746 bits per heavy atom. The van der Waals surface area contributed by atoms with Crippen LogP contribution in [0.3, 0.4) is 0 Å². The van der Waals surface area contributed by atoms with E-state index in [1.54, 1.807) is 0 Å². The van der Waals surface area contributed by atoms with Gasteiger partial charge in [0.25, 0.3) is 0 Å². The molecule has 2 heterocycles. The molecular formula is C60H39NO2. The van der Waals surface area contributed by atoms with E-state index in [0.29, 0.717) is 0 Å². The molecule has 0 spiro atoms. The van der Waals surface area contributed by atoms with Crippen LogP contribution in [-0.4, -0.2) is 0 Å². The van der Waals surface area contributed by atoms with Gasteiger partial charge in [-0.05, 0) is 105 Å². The van der Waals surface area contributed by atoms with Crippen LogP contribution in [0.25, 0.3) is 99.5 Å². The molecule has 0 unspecified atom stereocenters. The van der Waals surface area contributed by atoms with E-state index >= 15 is 0 Å². The van der Waals surface area contributed by atoms with Crippen LogP contribution in [0.1, 0.15) is 0 Å². The summed E-state index contributed by atoms with van der Waals surface area (Å²) in [5.74, 6) is 0. The lowest BCUT2D eigenvalue weighted by atomic mass is 9.87. The summed E-state index contributed by atoms with van der Waals surface area (Å²) in [5, 5.41) is 4.42. The molecule has 10 aromatic carbocycles. The Hall–Kier alpha value is -8.40. The maximum absolute atomic E-state index is 6.77. The SMILES string of the molecule is c1ccc(-c2ccc(-c3ccccc3-c3ccccc3N(c3ccc(-c4ccc5c(c4)oc4ccccc45)cc3)c3cccc4c3oc3ccccc34)c(-c3ccccc3)c2)cc1. The third kappa shape index (κ3) is 6.38. The first-order chi connectivity index (χ1) is 31.2. The van der Waals surface area contributed by atoms with E-state index < -0.39 is 0 Å². The van der Waals surface area contributed by atoms with Gasteiger partial charge in [-0.15, -0.1) is 0 Å². The van der Waals surface area contributed by atoms with Crippen molar-refractivity contribution < 1.29 is 8.83 Å². The first-order valence-corrected chi connectivity index (χ1v) is 21.4. The largest absolute Gasteiger partial charge is 0.456 e. The minimum absolute atomic E-state index is 0.837. The van der Waals surface area contributed by atoms with E-state index in [2.05, 4.69) is 223 Å². The van der Waals surface area contributed by atoms with Crippen molar-refractivity contribution in [3.05, 3.63) is 237 Å². The molecule has 296 valence electrons. The minimum atomic E-state index is 0.837. The summed E-state index contributed by atoms with van der Waals surface area (Å²) in [5.41, 5.74) is 18.0. The van der Waals surface area contributed by atoms with E-state index in [1.807, 2.05) is 18.2 Å². The summed E-state index contributed by atoms with van der Waals surface area (Å²) in [6.45, 7) is 0. The molecule has 0 N–H and O–H groups in total. The van der Waals surface area contributed by atoms with Crippen molar-refractivity contribution in [2.75, 3.05) is 4.90 Å². The highest BCUT2D eigenvalue weighted by Crippen LogP contribution is 2.48. The zero-order valence-corrected chi connectivity index (χ0v) is 34.3. The van der Waals surface area contributed by atoms with Gasteiger partial charge >= 0.3 is 0 Å². The molecular weight excluding hydrogens is 767 g/mol. The van der Waals surface area contributed by atoms with Gasteiger partial charge in [-0.25, -0.2) is 0 Å². The van der Waals surface area contributed by atoms with Gasteiger partial charge in [0.15, 0.2) is 5.58 Å². The fraction of sp³-hybridized carbons (Fsp3) is 0. The molecule has 3 heteroatoms. The molecule has 12 rings (SSSR count). The number of fused-ring (bicyclic) bond motifs is 6. The number of hydrogen-bond acceptors (Lipinski definition) is 3. The second-order valence-electron chi connectivity index (χ2n) is 16.0. The van der Waals surface area contributed by atoms with Gasteiger partial charge in [-0.3, -0.25) is 0 Å². The topological polar surface area (TPSA) is 29.5 Å². The second kappa shape index (κ2) is 15.3. The Bertz CT molecular complexity index is 3620. The molecule has 63 heavy (non-hydrogen) atoms. The number of nitrogens with zero attached hydrogens (tertiary/aromatic N) is 1. The van der Waals surface area contributed by atoms with Crippen molar-refractivity contribution in [2.24, 2.45) is 0 Å². The third-order valence-corrected chi connectivity index (χ3v) is 12.3. The molecule has 0 radical (unpaired) electrons. The molecule has 0 atom stereocenters. The Labute approximate surface area is 365 Å². The van der Waals surface area contributed by atoms with Crippen molar-refractivity contribution in [1.29, 1.82) is 0 Å². The number of benzene rings is 10. The standard InChI is InChI=1S/C60H39NO2/c1-3-16-40(17-4-1)43-32-36-48(54(38-43)42-18-5-2-6-19-42)46-20-7-8-21-47(46)49-22-9-12-26-55(49)61(56-27-15-25-53-51-24-11-14-29-58(51)63-60(53)56)45-34-30-41(31-35-45)44-33-37-52-50-23-10-13-28-57(50)62-59(52)39-44/h1-39H. The molecule has 2 aromatic heterocycles. The Balaban J connectivity index is 1.04. The highest BCUT2D eigenvalue weighted by molar-refractivity contribution is 6.11. The number of hydrogen-bond donors (Lipinski definition) is 0. The van der Waals surface area contributed by atoms with Gasteiger partial charge < -0.3 is 13.7 Å². The number of para-hydroxylation sites is 4. The predicted octanol–water partition coefficient (Wildman–Crippen LogP) is 17.3. The van der Waals surface area contributed by atoms with Crippen LogP contribution in [0.5, 0.6) is 0 Å². The van der Waals surface area contributed by atoms with Gasteiger partial charge in [0, 0.05) is 32.8 Å². The first kappa shape index (κ1) is 36.5. The number of rotatable bonds is 8. The lowest BCUT2D eigenvalue weighted by Gasteiger charge is -2.28. The predicted molar refractivity (Wildman–Crippen MR) is 263 cm³/mol. The van der Waals surface area contributed by atoms with Gasteiger partial charge in [0.05, 0.1) is 11.4 Å². The second-order valence-corrected chi connectivity index (χ2v) is 16.0. The molecule has 0 fully saturated rings. The zero-order valence-electron chi connectivity index (χ0n) is 34.3. The van der Waals surface area contributed by atoms with Crippen molar-refractivity contribution in [2.45, 2.75) is 0 Å². The molecule has 0 amide bonds. The fourth-order valence-electron chi connectivity index (χ4n) is 9.32. The quantitative estimate of drug-likeness (QED) is 0.153. The van der Waals surface area contributed by atoms with E-state index in [0.717, 1.165) is 88.8 Å². The molecule has 0 aliphatic rings. The number of furan rings is 2. The summed E-state index contributed by atoms with van der Waals surface area (Å²) in [7, 11) is 0. The summed E-state index contributed by atoms with van der Waals surface area (Å²) in [6.07, 6.45) is 0. The van der Waals surface area contributed by atoms with Crippen LogP contribution in [-0.2, 0) is 0 Å². The smallest absolute Gasteiger partial charge is 0.159 e. The van der Waals surface area contributed by atoms with Crippen molar-refractivity contribution in [3.8, 4) is 55.6 Å². The maximum Gasteiger partial charge on any atom is 0.159 e. The van der Waals surface area contributed by atoms with E-state index in [9.17, 15) is 0 Å². The number of anilines is 3. The Morgan fingerprint density at radius 1 is 0.254 bits per heavy atom. The van der Waals surface area contributed by atoms with Gasteiger partial charge in [-0.1, -0.05) is 182 Å². The fourth-order valence-corrected chi connectivity index (χ4v) is 9.32. The van der Waals surface area contributed by atoms with Gasteiger partial charge in [-0.2, -0.15) is 0 Å². The molecule has 0 aliphatic heterocycles. The summed E-state index contributed by atoms with van der Waals surface area (Å²) in [4.78, 5) is 2.36. The summed E-state index contributed by atoms with van der Waals surface area (Å²) >= 11 is 0. The van der Waals surface area contributed by atoms with Crippen molar-refractivity contribution >= 4 is 60.9 Å².